The fourth-order valence-electron chi connectivity index (χ4n) is 5.21. The molecule has 0 N–H and O–H groups in total. The Balaban J connectivity index is 1.31. The summed E-state index contributed by atoms with van der Waals surface area (Å²) in [6.07, 6.45) is 10.9. The molecule has 0 radical (unpaired) electrons. The summed E-state index contributed by atoms with van der Waals surface area (Å²) in [6.45, 7) is 4.05. The highest BCUT2D eigenvalue weighted by Crippen LogP contribution is 2.47. The lowest BCUT2D eigenvalue weighted by Gasteiger charge is -2.50. The number of hydrogen-bond acceptors (Lipinski definition) is 4. The van der Waals surface area contributed by atoms with E-state index in [1.807, 2.05) is 4.90 Å². The number of nitrogens with zero attached hydrogens (tertiary/aromatic N) is 4. The molecule has 1 spiro atoms. The Labute approximate surface area is 166 Å². The molecule has 5 rings (SSSR count). The number of likely N-dealkylation sites (tertiary alicyclic amines) is 2. The summed E-state index contributed by atoms with van der Waals surface area (Å²) in [5.41, 5.74) is 2.27. The van der Waals surface area contributed by atoms with Crippen LogP contribution in [-0.2, 0) is 0 Å². The van der Waals surface area contributed by atoms with Crippen molar-refractivity contribution in [3.8, 4) is 0 Å². The maximum atomic E-state index is 12.8. The first kappa shape index (κ1) is 17.8. The van der Waals surface area contributed by atoms with Gasteiger partial charge in [-0.05, 0) is 49.0 Å². The molecule has 1 aromatic heterocycles. The lowest BCUT2D eigenvalue weighted by atomic mass is 9.68. The Bertz CT molecular complexity index is 813. The van der Waals surface area contributed by atoms with Gasteiger partial charge in [0.25, 0.3) is 5.91 Å². The van der Waals surface area contributed by atoms with Gasteiger partial charge < -0.3 is 4.90 Å². The van der Waals surface area contributed by atoms with Crippen LogP contribution in [0.25, 0.3) is 0 Å². The molecular formula is C23H28N4O. The van der Waals surface area contributed by atoms with Gasteiger partial charge in [0.05, 0.1) is 6.20 Å². The minimum Gasteiger partial charge on any atom is -0.337 e. The number of hydrogen-bond donors (Lipinski definition) is 0. The highest BCUT2D eigenvalue weighted by Gasteiger charge is 2.46. The van der Waals surface area contributed by atoms with Gasteiger partial charge >= 0.3 is 0 Å². The van der Waals surface area contributed by atoms with Crippen LogP contribution in [0.3, 0.4) is 0 Å². The molecule has 3 aliphatic rings. The lowest BCUT2D eigenvalue weighted by molar-refractivity contribution is 0.0109. The smallest absolute Gasteiger partial charge is 0.274 e. The Hall–Kier alpha value is -2.27. The molecule has 2 aliphatic heterocycles. The maximum Gasteiger partial charge on any atom is 0.274 e. The van der Waals surface area contributed by atoms with E-state index >= 15 is 0 Å². The standard InChI is InChI=1S/C23H28N4O/c28-22(21-15-24-10-11-25-21)26-12-8-23(9-13-26)14-19(18-4-2-1-3-5-18)16-27(17-23)20-6-7-20/h1-5,10-11,15,19-20H,6-9,12-14,16-17H2/t19-/m0/s1. The van der Waals surface area contributed by atoms with Gasteiger partial charge in [0.1, 0.15) is 5.69 Å². The summed E-state index contributed by atoms with van der Waals surface area (Å²) in [7, 11) is 0. The molecule has 3 heterocycles. The number of carbonyl (C=O) groups excluding carboxylic acids is 1. The van der Waals surface area contributed by atoms with Crippen LogP contribution in [0.15, 0.2) is 48.9 Å². The molecule has 1 saturated carbocycles. The summed E-state index contributed by atoms with van der Waals surface area (Å²) < 4.78 is 0. The van der Waals surface area contributed by atoms with E-state index in [4.69, 9.17) is 0 Å². The van der Waals surface area contributed by atoms with Crippen molar-refractivity contribution in [3.05, 3.63) is 60.2 Å². The zero-order chi connectivity index (χ0) is 19.0. The number of piperidine rings is 2. The Morgan fingerprint density at radius 3 is 2.54 bits per heavy atom. The molecule has 2 saturated heterocycles. The van der Waals surface area contributed by atoms with Gasteiger partial charge in [-0.15, -0.1) is 0 Å². The highest BCUT2D eigenvalue weighted by atomic mass is 16.2. The van der Waals surface area contributed by atoms with Crippen molar-refractivity contribution in [2.24, 2.45) is 5.41 Å². The van der Waals surface area contributed by atoms with Crippen LogP contribution < -0.4 is 0 Å². The predicted molar refractivity (Wildman–Crippen MR) is 108 cm³/mol. The van der Waals surface area contributed by atoms with Crippen LogP contribution in [-0.4, -0.2) is 57.9 Å². The summed E-state index contributed by atoms with van der Waals surface area (Å²) >= 11 is 0. The molecule has 1 aromatic carbocycles. The number of carbonyl (C=O) groups is 1. The molecule has 1 amide bonds. The minimum atomic E-state index is 0.0254. The molecule has 1 aliphatic carbocycles. The summed E-state index contributed by atoms with van der Waals surface area (Å²) in [4.78, 5) is 25.7. The molecule has 146 valence electrons. The lowest BCUT2D eigenvalue weighted by Crippen LogP contribution is -2.53. The van der Waals surface area contributed by atoms with E-state index in [0.717, 1.165) is 32.0 Å². The monoisotopic (exact) mass is 376 g/mol. The average Bonchev–Trinajstić information content (AvgIpc) is 3.60. The summed E-state index contributed by atoms with van der Waals surface area (Å²) in [5.74, 6) is 0.634. The van der Waals surface area contributed by atoms with Crippen LogP contribution >= 0.6 is 0 Å². The third-order valence-corrected chi connectivity index (χ3v) is 6.90. The second-order valence-corrected chi connectivity index (χ2v) is 8.86. The zero-order valence-electron chi connectivity index (χ0n) is 16.3. The maximum absolute atomic E-state index is 12.8. The number of amides is 1. The largest absolute Gasteiger partial charge is 0.337 e. The van der Waals surface area contributed by atoms with Gasteiger partial charge in [0.15, 0.2) is 0 Å². The van der Waals surface area contributed by atoms with E-state index in [1.54, 1.807) is 18.6 Å². The van der Waals surface area contributed by atoms with Crippen molar-refractivity contribution < 1.29 is 4.79 Å². The molecule has 3 fully saturated rings. The molecule has 28 heavy (non-hydrogen) atoms. The van der Waals surface area contributed by atoms with Crippen LogP contribution in [0, 0.1) is 5.41 Å². The molecule has 5 heteroatoms. The third-order valence-electron chi connectivity index (χ3n) is 6.90. The van der Waals surface area contributed by atoms with Crippen molar-refractivity contribution >= 4 is 5.91 Å². The number of aromatic nitrogens is 2. The van der Waals surface area contributed by atoms with E-state index in [1.165, 1.54) is 37.9 Å². The minimum absolute atomic E-state index is 0.0254. The van der Waals surface area contributed by atoms with Crippen LogP contribution in [0.2, 0.25) is 0 Å². The second-order valence-electron chi connectivity index (χ2n) is 8.86. The van der Waals surface area contributed by atoms with E-state index in [9.17, 15) is 4.79 Å². The summed E-state index contributed by atoms with van der Waals surface area (Å²) in [5, 5.41) is 0. The molecule has 5 nitrogen and oxygen atoms in total. The van der Waals surface area contributed by atoms with E-state index in [0.29, 0.717) is 17.0 Å². The van der Waals surface area contributed by atoms with Crippen LogP contribution in [0.5, 0.6) is 0 Å². The van der Waals surface area contributed by atoms with Crippen molar-refractivity contribution in [1.82, 2.24) is 19.8 Å². The van der Waals surface area contributed by atoms with E-state index in [2.05, 4.69) is 45.2 Å². The Morgan fingerprint density at radius 1 is 1.07 bits per heavy atom. The normalized spacial score (nSPS) is 25.0. The van der Waals surface area contributed by atoms with Crippen molar-refractivity contribution in [2.75, 3.05) is 26.2 Å². The van der Waals surface area contributed by atoms with Gasteiger partial charge in [0.2, 0.25) is 0 Å². The zero-order valence-corrected chi connectivity index (χ0v) is 16.3. The first-order valence-corrected chi connectivity index (χ1v) is 10.6. The Morgan fingerprint density at radius 2 is 1.86 bits per heavy atom. The first-order chi connectivity index (χ1) is 13.7. The van der Waals surface area contributed by atoms with Gasteiger partial charge in [-0.2, -0.15) is 0 Å². The summed E-state index contributed by atoms with van der Waals surface area (Å²) in [6, 6.07) is 11.8. The van der Waals surface area contributed by atoms with Gasteiger partial charge in [-0.3, -0.25) is 14.7 Å². The van der Waals surface area contributed by atoms with Crippen LogP contribution in [0.4, 0.5) is 0 Å². The number of rotatable bonds is 3. The number of benzene rings is 1. The quantitative estimate of drug-likeness (QED) is 0.824. The van der Waals surface area contributed by atoms with Crippen LogP contribution in [0.1, 0.15) is 54.1 Å². The topological polar surface area (TPSA) is 49.3 Å². The van der Waals surface area contributed by atoms with Gasteiger partial charge in [-0.1, -0.05) is 30.3 Å². The highest BCUT2D eigenvalue weighted by molar-refractivity contribution is 5.92. The fraction of sp³-hybridized carbons (Fsp3) is 0.522. The van der Waals surface area contributed by atoms with Gasteiger partial charge in [0, 0.05) is 44.6 Å². The van der Waals surface area contributed by atoms with E-state index < -0.39 is 0 Å². The predicted octanol–water partition coefficient (Wildman–Crippen LogP) is 3.35. The van der Waals surface area contributed by atoms with E-state index in [-0.39, 0.29) is 5.91 Å². The van der Waals surface area contributed by atoms with Crippen molar-refractivity contribution in [2.45, 2.75) is 44.1 Å². The van der Waals surface area contributed by atoms with Crippen molar-refractivity contribution in [3.63, 3.8) is 0 Å². The third kappa shape index (κ3) is 3.55. The molecule has 0 unspecified atom stereocenters. The van der Waals surface area contributed by atoms with Crippen molar-refractivity contribution in [1.29, 1.82) is 0 Å². The molecule has 2 aromatic rings. The molecule has 1 atom stereocenters. The molecule has 0 bridgehead atoms. The second kappa shape index (κ2) is 7.28. The SMILES string of the molecule is O=C(c1cnccn1)N1CCC2(CC1)C[C@H](c1ccccc1)CN(C1CC1)C2. The average molecular weight is 377 g/mol. The molecular weight excluding hydrogens is 348 g/mol. The fourth-order valence-corrected chi connectivity index (χ4v) is 5.21. The first-order valence-electron chi connectivity index (χ1n) is 10.6. The Kier molecular flexibility index (Phi) is 4.63. The van der Waals surface area contributed by atoms with Gasteiger partial charge in [-0.25, -0.2) is 4.98 Å².